The van der Waals surface area contributed by atoms with Gasteiger partial charge in [-0.15, -0.1) is 0 Å². The number of aromatic amines is 1. The summed E-state index contributed by atoms with van der Waals surface area (Å²) < 4.78 is 5.69. The number of hydrogen-bond donors (Lipinski definition) is 2. The molecule has 4 rings (SSSR count). The predicted octanol–water partition coefficient (Wildman–Crippen LogP) is 3.14. The van der Waals surface area contributed by atoms with Gasteiger partial charge in [-0.05, 0) is 42.5 Å². The van der Waals surface area contributed by atoms with Gasteiger partial charge >= 0.3 is 0 Å². The number of H-pyrrole nitrogens is 1. The number of rotatable bonds is 6. The molecule has 3 heterocycles. The van der Waals surface area contributed by atoms with Crippen molar-refractivity contribution in [2.24, 2.45) is 11.8 Å². The van der Waals surface area contributed by atoms with Gasteiger partial charge in [0.1, 0.15) is 5.69 Å². The summed E-state index contributed by atoms with van der Waals surface area (Å²) in [5, 5.41) is 11.4. The minimum Gasteiger partial charge on any atom is -0.379 e. The second-order valence-electron chi connectivity index (χ2n) is 7.95. The number of benzene rings is 1. The van der Waals surface area contributed by atoms with E-state index in [0.717, 1.165) is 29.4 Å². The van der Waals surface area contributed by atoms with Crippen molar-refractivity contribution >= 4 is 16.8 Å². The van der Waals surface area contributed by atoms with Crippen LogP contribution in [-0.4, -0.2) is 40.3 Å². The molecule has 1 aromatic carbocycles. The largest absolute Gasteiger partial charge is 0.379 e. The van der Waals surface area contributed by atoms with Crippen LogP contribution in [0.3, 0.4) is 0 Å². The Morgan fingerprint density at radius 3 is 3.00 bits per heavy atom. The molecule has 0 saturated carbocycles. The highest BCUT2D eigenvalue weighted by atomic mass is 16.5. The fourth-order valence-corrected chi connectivity index (χ4v) is 3.84. The fraction of sp³-hybridized carbons (Fsp3) is 0.409. The van der Waals surface area contributed by atoms with Gasteiger partial charge in [0.05, 0.1) is 24.8 Å². The van der Waals surface area contributed by atoms with Crippen molar-refractivity contribution in [3.63, 3.8) is 0 Å². The molecule has 1 fully saturated rings. The van der Waals surface area contributed by atoms with Crippen LogP contribution in [0.4, 0.5) is 0 Å². The molecule has 1 aliphatic heterocycles. The first kappa shape index (κ1) is 18.6. The van der Waals surface area contributed by atoms with Crippen LogP contribution in [-0.2, 0) is 17.6 Å². The van der Waals surface area contributed by atoms with Crippen molar-refractivity contribution in [3.8, 4) is 0 Å². The molecular weight excluding hydrogens is 352 g/mol. The smallest absolute Gasteiger partial charge is 0.272 e. The predicted molar refractivity (Wildman–Crippen MR) is 108 cm³/mol. The Hall–Kier alpha value is -2.73. The van der Waals surface area contributed by atoms with Crippen LogP contribution in [0, 0.1) is 11.8 Å². The number of pyridine rings is 1. The molecule has 28 heavy (non-hydrogen) atoms. The monoisotopic (exact) mass is 378 g/mol. The van der Waals surface area contributed by atoms with E-state index >= 15 is 0 Å². The molecule has 2 N–H and O–H groups in total. The van der Waals surface area contributed by atoms with Crippen molar-refractivity contribution in [2.45, 2.75) is 32.7 Å². The van der Waals surface area contributed by atoms with E-state index in [0.29, 0.717) is 24.8 Å². The number of hydrogen-bond acceptors (Lipinski definition) is 4. The summed E-state index contributed by atoms with van der Waals surface area (Å²) in [4.78, 5) is 17.1. The lowest BCUT2D eigenvalue weighted by atomic mass is 9.93. The van der Waals surface area contributed by atoms with Crippen LogP contribution in [0.15, 0.2) is 42.6 Å². The summed E-state index contributed by atoms with van der Waals surface area (Å²) in [7, 11) is 0. The molecule has 2 atom stereocenters. The third-order valence-corrected chi connectivity index (χ3v) is 5.23. The molecule has 3 aromatic rings. The van der Waals surface area contributed by atoms with E-state index in [2.05, 4.69) is 46.5 Å². The second-order valence-corrected chi connectivity index (χ2v) is 7.95. The average Bonchev–Trinajstić information content (AvgIpc) is 3.31. The maximum atomic E-state index is 12.7. The van der Waals surface area contributed by atoms with Crippen LogP contribution >= 0.6 is 0 Å². The zero-order valence-corrected chi connectivity index (χ0v) is 16.3. The van der Waals surface area contributed by atoms with E-state index in [1.165, 1.54) is 5.56 Å². The van der Waals surface area contributed by atoms with Crippen LogP contribution in [0.5, 0.6) is 0 Å². The first-order valence-corrected chi connectivity index (χ1v) is 9.85. The normalized spacial score (nSPS) is 19.4. The number of para-hydroxylation sites is 1. The Bertz CT molecular complexity index is 961. The van der Waals surface area contributed by atoms with Gasteiger partial charge in [-0.3, -0.25) is 14.9 Å². The van der Waals surface area contributed by atoms with Gasteiger partial charge in [-0.25, -0.2) is 0 Å². The first-order chi connectivity index (χ1) is 13.6. The second kappa shape index (κ2) is 8.10. The minimum atomic E-state index is -0.147. The van der Waals surface area contributed by atoms with Crippen LogP contribution in [0.1, 0.15) is 35.6 Å². The Morgan fingerprint density at radius 1 is 1.29 bits per heavy atom. The summed E-state index contributed by atoms with van der Waals surface area (Å²) in [6.45, 7) is 5.46. The Kier molecular flexibility index (Phi) is 5.39. The Labute approximate surface area is 164 Å². The van der Waals surface area contributed by atoms with Gasteiger partial charge in [0.25, 0.3) is 5.91 Å². The number of nitrogens with one attached hydrogen (secondary N) is 2. The molecule has 0 unspecified atom stereocenters. The van der Waals surface area contributed by atoms with Gasteiger partial charge in [0.2, 0.25) is 0 Å². The van der Waals surface area contributed by atoms with E-state index in [1.54, 1.807) is 0 Å². The van der Waals surface area contributed by atoms with E-state index in [4.69, 9.17) is 4.74 Å². The van der Waals surface area contributed by atoms with E-state index in [-0.39, 0.29) is 17.9 Å². The molecule has 0 radical (unpaired) electrons. The molecule has 0 bridgehead atoms. The quantitative estimate of drug-likeness (QED) is 0.691. The molecule has 2 aromatic heterocycles. The van der Waals surface area contributed by atoms with Crippen LogP contribution in [0.2, 0.25) is 0 Å². The van der Waals surface area contributed by atoms with Gasteiger partial charge in [0.15, 0.2) is 0 Å². The summed E-state index contributed by atoms with van der Waals surface area (Å²) >= 11 is 0. The van der Waals surface area contributed by atoms with Crippen LogP contribution in [0.25, 0.3) is 10.9 Å². The zero-order chi connectivity index (χ0) is 19.5. The molecule has 6 nitrogen and oxygen atoms in total. The number of carbonyl (C=O) groups excluding carboxylic acids is 1. The lowest BCUT2D eigenvalue weighted by molar-refractivity contribution is 0.0920. The van der Waals surface area contributed by atoms with E-state index in [1.807, 2.05) is 30.5 Å². The molecule has 6 heteroatoms. The van der Waals surface area contributed by atoms with Crippen molar-refractivity contribution in [1.82, 2.24) is 20.5 Å². The number of ether oxygens (including phenoxy) is 1. The molecule has 1 aliphatic rings. The van der Waals surface area contributed by atoms with Gasteiger partial charge in [0, 0.05) is 23.2 Å². The van der Waals surface area contributed by atoms with Crippen molar-refractivity contribution < 1.29 is 9.53 Å². The minimum absolute atomic E-state index is 0.0234. The topological polar surface area (TPSA) is 79.9 Å². The molecule has 0 aliphatic carbocycles. The number of fused-ring (bicyclic) bond motifs is 1. The summed E-state index contributed by atoms with van der Waals surface area (Å²) in [6, 6.07) is 12.0. The standard InChI is InChI=1S/C22H26N4O2/c1-14(2)9-17-11-20(26-25-17)22(27)24-21-13-28-12-16(21)10-15-7-8-23-19-6-4-3-5-18(15)19/h3-8,11,14,16,21H,9-10,12-13H2,1-2H3,(H,24,27)(H,25,26)/t16-,21-/m1/s1. The van der Waals surface area contributed by atoms with Crippen molar-refractivity contribution in [2.75, 3.05) is 13.2 Å². The van der Waals surface area contributed by atoms with Gasteiger partial charge < -0.3 is 10.1 Å². The lowest BCUT2D eigenvalue weighted by Crippen LogP contribution is -2.40. The van der Waals surface area contributed by atoms with E-state index < -0.39 is 0 Å². The maximum Gasteiger partial charge on any atom is 0.272 e. The van der Waals surface area contributed by atoms with Crippen molar-refractivity contribution in [1.29, 1.82) is 0 Å². The number of aromatic nitrogens is 3. The summed E-state index contributed by atoms with van der Waals surface area (Å²) in [5.74, 6) is 0.592. The lowest BCUT2D eigenvalue weighted by Gasteiger charge is -2.19. The third-order valence-electron chi connectivity index (χ3n) is 5.23. The Morgan fingerprint density at radius 2 is 2.14 bits per heavy atom. The SMILES string of the molecule is CC(C)Cc1cc(C(=O)N[C@@H]2COC[C@H]2Cc2ccnc3ccccc23)n[nH]1. The van der Waals surface area contributed by atoms with E-state index in [9.17, 15) is 4.79 Å². The molecule has 1 saturated heterocycles. The molecule has 1 amide bonds. The highest BCUT2D eigenvalue weighted by Gasteiger charge is 2.30. The number of amides is 1. The maximum absolute atomic E-state index is 12.7. The first-order valence-electron chi connectivity index (χ1n) is 9.85. The van der Waals surface area contributed by atoms with Gasteiger partial charge in [-0.1, -0.05) is 32.0 Å². The molecular formula is C22H26N4O2. The third kappa shape index (κ3) is 4.07. The Balaban J connectivity index is 1.45. The fourth-order valence-electron chi connectivity index (χ4n) is 3.84. The highest BCUT2D eigenvalue weighted by Crippen LogP contribution is 2.24. The number of carbonyl (C=O) groups is 1. The zero-order valence-electron chi connectivity index (χ0n) is 16.3. The molecule has 0 spiro atoms. The van der Waals surface area contributed by atoms with Crippen molar-refractivity contribution in [3.05, 3.63) is 59.5 Å². The van der Waals surface area contributed by atoms with Gasteiger partial charge in [-0.2, -0.15) is 5.10 Å². The highest BCUT2D eigenvalue weighted by molar-refractivity contribution is 5.92. The number of nitrogens with zero attached hydrogens (tertiary/aromatic N) is 2. The molecule has 146 valence electrons. The average molecular weight is 378 g/mol. The summed E-state index contributed by atoms with van der Waals surface area (Å²) in [5.41, 5.74) is 3.66. The van der Waals surface area contributed by atoms with Crippen LogP contribution < -0.4 is 5.32 Å². The summed E-state index contributed by atoms with van der Waals surface area (Å²) in [6.07, 6.45) is 3.57.